The number of anilines is 1. The number of hydrogen-bond donors (Lipinski definition) is 2. The normalized spacial score (nSPS) is 21.9. The highest BCUT2D eigenvalue weighted by Gasteiger charge is 2.38. The Hall–Kier alpha value is -1.07. The van der Waals surface area contributed by atoms with Crippen LogP contribution in [0.5, 0.6) is 5.75 Å². The topological polar surface area (TPSA) is 50.4 Å². The van der Waals surface area contributed by atoms with E-state index in [1.54, 1.807) is 7.11 Å². The van der Waals surface area contributed by atoms with Gasteiger partial charge in [0, 0.05) is 12.2 Å². The molecule has 1 aliphatic rings. The molecule has 0 saturated carbocycles. The highest BCUT2D eigenvalue weighted by atomic mass is 79.9. The predicted molar refractivity (Wildman–Crippen MR) is 88.8 cm³/mol. The van der Waals surface area contributed by atoms with E-state index in [1.807, 2.05) is 18.2 Å². The monoisotopic (exact) mass is 354 g/mol. The lowest BCUT2D eigenvalue weighted by Crippen LogP contribution is -2.48. The van der Waals surface area contributed by atoms with Crippen LogP contribution in [0.15, 0.2) is 22.7 Å². The molecule has 1 aromatic carbocycles. The molecule has 2 rings (SSSR count). The average Bonchev–Trinajstić information content (AvgIpc) is 2.48. The van der Waals surface area contributed by atoms with Gasteiger partial charge in [-0.25, -0.2) is 0 Å². The Morgan fingerprint density at radius 2 is 2.33 bits per heavy atom. The number of benzene rings is 1. The van der Waals surface area contributed by atoms with Crippen LogP contribution in [0.2, 0.25) is 0 Å². The second-order valence-corrected chi connectivity index (χ2v) is 6.47. The van der Waals surface area contributed by atoms with Gasteiger partial charge in [-0.3, -0.25) is 4.79 Å². The fraction of sp³-hybridized carbons (Fsp3) is 0.562. The van der Waals surface area contributed by atoms with Crippen molar-refractivity contribution >= 4 is 27.5 Å². The van der Waals surface area contributed by atoms with Crippen molar-refractivity contribution in [3.8, 4) is 5.75 Å². The summed E-state index contributed by atoms with van der Waals surface area (Å²) in [5.74, 6) is 0.879. The third-order valence-corrected chi connectivity index (χ3v) is 4.71. The van der Waals surface area contributed by atoms with Crippen LogP contribution in [0.25, 0.3) is 0 Å². The van der Waals surface area contributed by atoms with Gasteiger partial charge < -0.3 is 15.4 Å². The smallest absolute Gasteiger partial charge is 0.231 e. The Morgan fingerprint density at radius 1 is 1.52 bits per heavy atom. The van der Waals surface area contributed by atoms with Gasteiger partial charge in [-0.2, -0.15) is 0 Å². The van der Waals surface area contributed by atoms with Gasteiger partial charge in [0.05, 0.1) is 17.0 Å². The number of halogens is 1. The lowest BCUT2D eigenvalue weighted by Gasteiger charge is -2.36. The lowest BCUT2D eigenvalue weighted by atomic mass is 9.76. The van der Waals surface area contributed by atoms with E-state index in [2.05, 4.69) is 33.5 Å². The van der Waals surface area contributed by atoms with Crippen molar-refractivity contribution in [2.75, 3.05) is 25.5 Å². The highest BCUT2D eigenvalue weighted by Crippen LogP contribution is 2.34. The van der Waals surface area contributed by atoms with E-state index >= 15 is 0 Å². The molecular formula is C16H23BrN2O2. The number of methoxy groups -OCH3 is 1. The minimum Gasteiger partial charge on any atom is -0.496 e. The minimum absolute atomic E-state index is 0.119. The van der Waals surface area contributed by atoms with E-state index in [0.29, 0.717) is 0 Å². The molecule has 1 atom stereocenters. The van der Waals surface area contributed by atoms with E-state index in [-0.39, 0.29) is 11.3 Å². The molecule has 1 heterocycles. The lowest BCUT2D eigenvalue weighted by molar-refractivity contribution is -0.127. The molecule has 1 amide bonds. The highest BCUT2D eigenvalue weighted by molar-refractivity contribution is 9.10. The van der Waals surface area contributed by atoms with Crippen LogP contribution in [0.3, 0.4) is 0 Å². The maximum atomic E-state index is 12.7. The number of piperidine rings is 1. The molecule has 1 unspecified atom stereocenters. The van der Waals surface area contributed by atoms with Crippen molar-refractivity contribution in [3.05, 3.63) is 22.7 Å². The zero-order valence-corrected chi connectivity index (χ0v) is 14.3. The number of hydrogen-bond acceptors (Lipinski definition) is 3. The van der Waals surface area contributed by atoms with Gasteiger partial charge >= 0.3 is 0 Å². The maximum Gasteiger partial charge on any atom is 0.231 e. The first-order chi connectivity index (χ1) is 10.1. The van der Waals surface area contributed by atoms with Gasteiger partial charge in [0.2, 0.25) is 5.91 Å². The Bertz CT molecular complexity index is 494. The third-order valence-electron chi connectivity index (χ3n) is 4.09. The van der Waals surface area contributed by atoms with E-state index in [9.17, 15) is 4.79 Å². The molecule has 0 aromatic heterocycles. The number of amides is 1. The summed E-state index contributed by atoms with van der Waals surface area (Å²) in [6, 6.07) is 5.61. The average molecular weight is 355 g/mol. The van der Waals surface area contributed by atoms with Crippen molar-refractivity contribution in [1.29, 1.82) is 0 Å². The summed E-state index contributed by atoms with van der Waals surface area (Å²) >= 11 is 3.45. The molecule has 0 radical (unpaired) electrons. The van der Waals surface area contributed by atoms with E-state index in [0.717, 1.165) is 54.7 Å². The third kappa shape index (κ3) is 3.77. The Kier molecular flexibility index (Phi) is 5.65. The van der Waals surface area contributed by atoms with Crippen LogP contribution in [0, 0.1) is 5.41 Å². The summed E-state index contributed by atoms with van der Waals surface area (Å²) in [6.07, 6.45) is 3.95. The molecule has 1 aromatic rings. The van der Waals surface area contributed by atoms with Gasteiger partial charge in [0.15, 0.2) is 0 Å². The number of carbonyl (C=O) groups excluding carboxylic acids is 1. The molecule has 1 fully saturated rings. The molecule has 2 N–H and O–H groups in total. The van der Waals surface area contributed by atoms with Crippen molar-refractivity contribution in [2.24, 2.45) is 5.41 Å². The van der Waals surface area contributed by atoms with Crippen molar-refractivity contribution in [1.82, 2.24) is 5.32 Å². The van der Waals surface area contributed by atoms with Crippen LogP contribution in [0.4, 0.5) is 5.69 Å². The minimum atomic E-state index is -0.278. The maximum absolute atomic E-state index is 12.7. The van der Waals surface area contributed by atoms with Crippen molar-refractivity contribution < 1.29 is 9.53 Å². The fourth-order valence-electron chi connectivity index (χ4n) is 2.97. The van der Waals surface area contributed by atoms with Gasteiger partial charge in [-0.1, -0.05) is 13.3 Å². The molecule has 0 aliphatic carbocycles. The molecule has 1 saturated heterocycles. The number of rotatable bonds is 5. The quantitative estimate of drug-likeness (QED) is 0.849. The van der Waals surface area contributed by atoms with Gasteiger partial charge in [-0.15, -0.1) is 0 Å². The SMILES string of the molecule is CCCC1(C(=O)Nc2ccc(OC)c(Br)c2)CCCNC1. The van der Waals surface area contributed by atoms with Gasteiger partial charge in [-0.05, 0) is 59.9 Å². The molecule has 21 heavy (non-hydrogen) atoms. The molecule has 0 spiro atoms. The standard InChI is InChI=1S/C16H23BrN2O2/c1-3-7-16(8-4-9-18-11-16)15(20)19-12-5-6-14(21-2)13(17)10-12/h5-6,10,18H,3-4,7-9,11H2,1-2H3,(H,19,20). The number of nitrogens with one attached hydrogen (secondary N) is 2. The van der Waals surface area contributed by atoms with Crippen LogP contribution in [-0.4, -0.2) is 26.1 Å². The largest absolute Gasteiger partial charge is 0.496 e. The second kappa shape index (κ2) is 7.27. The zero-order chi connectivity index (χ0) is 15.3. The van der Waals surface area contributed by atoms with Gasteiger partial charge in [0.25, 0.3) is 0 Å². The summed E-state index contributed by atoms with van der Waals surface area (Å²) in [6.45, 7) is 3.91. The van der Waals surface area contributed by atoms with Gasteiger partial charge in [0.1, 0.15) is 5.75 Å². The first-order valence-corrected chi connectivity index (χ1v) is 8.26. The van der Waals surface area contributed by atoms with Crippen LogP contribution in [0.1, 0.15) is 32.6 Å². The van der Waals surface area contributed by atoms with Crippen molar-refractivity contribution in [2.45, 2.75) is 32.6 Å². The molecule has 4 nitrogen and oxygen atoms in total. The molecule has 116 valence electrons. The first-order valence-electron chi connectivity index (χ1n) is 7.47. The predicted octanol–water partition coefficient (Wildman–Crippen LogP) is 3.57. The first kappa shape index (κ1) is 16.3. The Balaban J connectivity index is 2.13. The van der Waals surface area contributed by atoms with Crippen molar-refractivity contribution in [3.63, 3.8) is 0 Å². The second-order valence-electron chi connectivity index (χ2n) is 5.61. The summed E-state index contributed by atoms with van der Waals surface area (Å²) in [5, 5.41) is 6.43. The zero-order valence-electron chi connectivity index (χ0n) is 12.7. The molecule has 5 heteroatoms. The number of carbonyl (C=O) groups is 1. The Labute approximate surface area is 134 Å². The molecule has 0 bridgehead atoms. The Morgan fingerprint density at radius 3 is 2.90 bits per heavy atom. The summed E-state index contributed by atoms with van der Waals surface area (Å²) in [5.41, 5.74) is 0.521. The summed E-state index contributed by atoms with van der Waals surface area (Å²) < 4.78 is 6.05. The molecule has 1 aliphatic heterocycles. The van der Waals surface area contributed by atoms with E-state index in [4.69, 9.17) is 4.74 Å². The van der Waals surface area contributed by atoms with E-state index < -0.39 is 0 Å². The summed E-state index contributed by atoms with van der Waals surface area (Å²) in [4.78, 5) is 12.7. The fourth-order valence-corrected chi connectivity index (χ4v) is 3.52. The van der Waals surface area contributed by atoms with Crippen LogP contribution in [-0.2, 0) is 4.79 Å². The molecular weight excluding hydrogens is 332 g/mol. The van der Waals surface area contributed by atoms with Crippen LogP contribution >= 0.6 is 15.9 Å². The van der Waals surface area contributed by atoms with E-state index in [1.165, 1.54) is 0 Å². The number of ether oxygens (including phenoxy) is 1. The van der Waals surface area contributed by atoms with Crippen LogP contribution < -0.4 is 15.4 Å². The summed E-state index contributed by atoms with van der Waals surface area (Å²) in [7, 11) is 1.63.